The van der Waals surface area contributed by atoms with Gasteiger partial charge in [0.15, 0.2) is 0 Å². The largest absolute Gasteiger partial charge is 0.267 e. The minimum atomic E-state index is -3.47. The Bertz CT molecular complexity index is 555. The maximum absolute atomic E-state index is 12.0. The Morgan fingerprint density at radius 1 is 1.00 bits per heavy atom. The molecule has 4 heteroatoms. The molecule has 0 unspecified atom stereocenters. The molecule has 15 heavy (non-hydrogen) atoms. The van der Waals surface area contributed by atoms with Crippen molar-refractivity contribution in [1.29, 1.82) is 0 Å². The summed E-state index contributed by atoms with van der Waals surface area (Å²) in [5.41, 5.74) is 0.457. The molecular weight excluding hydrogens is 210 g/mol. The van der Waals surface area contributed by atoms with Crippen molar-refractivity contribution in [2.45, 2.75) is 4.90 Å². The van der Waals surface area contributed by atoms with Crippen LogP contribution in [0.15, 0.2) is 53.6 Å². The molecule has 0 atom stereocenters. The zero-order valence-electron chi connectivity index (χ0n) is 8.00. The summed E-state index contributed by atoms with van der Waals surface area (Å²) in [7, 11) is -3.47. The van der Waals surface area contributed by atoms with Crippen molar-refractivity contribution in [2.24, 2.45) is 0 Å². The smallest absolute Gasteiger partial charge is 0.246 e. The first-order chi connectivity index (χ1) is 7.12. The van der Waals surface area contributed by atoms with Crippen molar-refractivity contribution in [1.82, 2.24) is 3.97 Å². The lowest BCUT2D eigenvalue weighted by Crippen LogP contribution is -2.12. The van der Waals surface area contributed by atoms with Crippen LogP contribution in [0.2, 0.25) is 0 Å². The van der Waals surface area contributed by atoms with Gasteiger partial charge in [0, 0.05) is 11.9 Å². The molecule has 0 N–H and O–H groups in total. The Labute approximate surface area is 89.0 Å². The van der Waals surface area contributed by atoms with Crippen LogP contribution in [0, 0.1) is 6.92 Å². The van der Waals surface area contributed by atoms with Gasteiger partial charge < -0.3 is 0 Å². The van der Waals surface area contributed by atoms with E-state index in [1.165, 1.54) is 10.2 Å². The fourth-order valence-corrected chi connectivity index (χ4v) is 2.67. The Balaban J connectivity index is 2.60. The van der Waals surface area contributed by atoms with Crippen LogP contribution in [0.4, 0.5) is 0 Å². The highest BCUT2D eigenvalue weighted by Crippen LogP contribution is 2.15. The number of rotatable bonds is 2. The summed E-state index contributed by atoms with van der Waals surface area (Å²) in [6.07, 6.45) is 1.49. The fourth-order valence-electron chi connectivity index (χ4n) is 1.34. The van der Waals surface area contributed by atoms with Gasteiger partial charge in [-0.2, -0.15) is 0 Å². The van der Waals surface area contributed by atoms with Gasteiger partial charge in [-0.15, -0.1) is 0 Å². The standard InChI is InChI=1S/C11H10NO2S/c1-10-6-5-9-12(10)15(13,14)11-7-3-2-4-8-11/h2-9H,1H2. The summed E-state index contributed by atoms with van der Waals surface area (Å²) in [4.78, 5) is 0.270. The summed E-state index contributed by atoms with van der Waals surface area (Å²) >= 11 is 0. The van der Waals surface area contributed by atoms with Gasteiger partial charge in [-0.25, -0.2) is 12.4 Å². The average Bonchev–Trinajstić information content (AvgIpc) is 2.66. The molecule has 0 aliphatic carbocycles. The fraction of sp³-hybridized carbons (Fsp3) is 0. The van der Waals surface area contributed by atoms with Gasteiger partial charge in [0.2, 0.25) is 0 Å². The molecule has 1 radical (unpaired) electrons. The van der Waals surface area contributed by atoms with Gasteiger partial charge in [0.05, 0.1) is 4.90 Å². The van der Waals surface area contributed by atoms with Crippen LogP contribution in [-0.4, -0.2) is 12.4 Å². The van der Waals surface area contributed by atoms with Crippen molar-refractivity contribution in [3.05, 3.63) is 61.3 Å². The zero-order chi connectivity index (χ0) is 10.9. The molecule has 0 bridgehead atoms. The molecular formula is C11H10NO2S. The molecule has 0 spiro atoms. The first kappa shape index (κ1) is 9.98. The van der Waals surface area contributed by atoms with Crippen LogP contribution in [0.5, 0.6) is 0 Å². The summed E-state index contributed by atoms with van der Waals surface area (Å²) in [5, 5.41) is 0. The van der Waals surface area contributed by atoms with E-state index in [2.05, 4.69) is 6.92 Å². The van der Waals surface area contributed by atoms with Crippen molar-refractivity contribution >= 4 is 10.0 Å². The molecule has 0 aliphatic rings. The lowest BCUT2D eigenvalue weighted by Gasteiger charge is -2.07. The van der Waals surface area contributed by atoms with Gasteiger partial charge in [-0.3, -0.25) is 0 Å². The molecule has 3 nitrogen and oxygen atoms in total. The van der Waals surface area contributed by atoms with Crippen LogP contribution in [-0.2, 0) is 10.0 Å². The Morgan fingerprint density at radius 3 is 2.20 bits per heavy atom. The van der Waals surface area contributed by atoms with Gasteiger partial charge >= 0.3 is 0 Å². The van der Waals surface area contributed by atoms with Crippen LogP contribution in [0.1, 0.15) is 5.69 Å². The number of benzene rings is 1. The van der Waals surface area contributed by atoms with E-state index < -0.39 is 10.0 Å². The SMILES string of the molecule is [CH2]c1cccn1S(=O)(=O)c1ccccc1. The maximum atomic E-state index is 12.0. The molecule has 2 rings (SSSR count). The predicted molar refractivity (Wildman–Crippen MR) is 57.9 cm³/mol. The number of hydrogen-bond acceptors (Lipinski definition) is 2. The van der Waals surface area contributed by atoms with Gasteiger partial charge in [-0.1, -0.05) is 18.2 Å². The van der Waals surface area contributed by atoms with E-state index in [9.17, 15) is 8.42 Å². The number of nitrogens with zero attached hydrogens (tertiary/aromatic N) is 1. The quantitative estimate of drug-likeness (QED) is 0.775. The van der Waals surface area contributed by atoms with Crippen LogP contribution in [0.25, 0.3) is 0 Å². The molecule has 1 aromatic heterocycles. The summed E-state index contributed by atoms with van der Waals surface area (Å²) in [6.45, 7) is 3.66. The lowest BCUT2D eigenvalue weighted by atomic mass is 10.4. The average molecular weight is 220 g/mol. The lowest BCUT2D eigenvalue weighted by molar-refractivity contribution is 0.587. The minimum absolute atomic E-state index is 0.270. The molecule has 77 valence electrons. The Morgan fingerprint density at radius 2 is 1.67 bits per heavy atom. The monoisotopic (exact) mass is 220 g/mol. The van der Waals surface area contributed by atoms with Crippen molar-refractivity contribution in [3.63, 3.8) is 0 Å². The zero-order valence-corrected chi connectivity index (χ0v) is 8.81. The van der Waals surface area contributed by atoms with E-state index in [1.807, 2.05) is 0 Å². The highest BCUT2D eigenvalue weighted by Gasteiger charge is 2.16. The third-order valence-electron chi connectivity index (χ3n) is 2.09. The van der Waals surface area contributed by atoms with E-state index in [1.54, 1.807) is 42.5 Å². The van der Waals surface area contributed by atoms with E-state index in [0.717, 1.165) is 0 Å². The van der Waals surface area contributed by atoms with Crippen LogP contribution >= 0.6 is 0 Å². The molecule has 0 aliphatic heterocycles. The van der Waals surface area contributed by atoms with Crippen LogP contribution in [0.3, 0.4) is 0 Å². The second-order valence-corrected chi connectivity index (χ2v) is 4.93. The van der Waals surface area contributed by atoms with E-state index in [0.29, 0.717) is 5.69 Å². The molecule has 0 amide bonds. The molecule has 0 saturated carbocycles. The highest BCUT2D eigenvalue weighted by molar-refractivity contribution is 7.90. The van der Waals surface area contributed by atoms with Gasteiger partial charge in [0.1, 0.15) is 0 Å². The third-order valence-corrected chi connectivity index (χ3v) is 3.84. The molecule has 0 saturated heterocycles. The predicted octanol–water partition coefficient (Wildman–Crippen LogP) is 1.91. The molecule has 1 aromatic carbocycles. The summed E-state index contributed by atoms with van der Waals surface area (Å²) in [6, 6.07) is 11.6. The van der Waals surface area contributed by atoms with E-state index in [4.69, 9.17) is 0 Å². The highest BCUT2D eigenvalue weighted by atomic mass is 32.2. The normalized spacial score (nSPS) is 11.5. The first-order valence-electron chi connectivity index (χ1n) is 4.42. The molecule has 2 aromatic rings. The summed E-state index contributed by atoms with van der Waals surface area (Å²) in [5.74, 6) is 0. The van der Waals surface area contributed by atoms with Crippen molar-refractivity contribution in [2.75, 3.05) is 0 Å². The van der Waals surface area contributed by atoms with Crippen LogP contribution < -0.4 is 0 Å². The van der Waals surface area contributed by atoms with E-state index >= 15 is 0 Å². The van der Waals surface area contributed by atoms with Gasteiger partial charge in [-0.05, 0) is 31.2 Å². The second-order valence-electron chi connectivity index (χ2n) is 3.11. The molecule has 1 heterocycles. The Kier molecular flexibility index (Phi) is 2.36. The molecule has 0 fully saturated rings. The van der Waals surface area contributed by atoms with Gasteiger partial charge in [0.25, 0.3) is 10.0 Å². The van der Waals surface area contributed by atoms with E-state index in [-0.39, 0.29) is 4.90 Å². The first-order valence-corrected chi connectivity index (χ1v) is 5.86. The number of aromatic nitrogens is 1. The third kappa shape index (κ3) is 1.68. The topological polar surface area (TPSA) is 39.1 Å². The van der Waals surface area contributed by atoms with Crippen molar-refractivity contribution in [3.8, 4) is 0 Å². The van der Waals surface area contributed by atoms with Crippen molar-refractivity contribution < 1.29 is 8.42 Å². The second kappa shape index (κ2) is 3.55. The summed E-state index contributed by atoms with van der Waals surface area (Å²) < 4.78 is 25.2. The number of hydrogen-bond donors (Lipinski definition) is 0. The minimum Gasteiger partial charge on any atom is -0.246 e. The Hall–Kier alpha value is -1.55. The maximum Gasteiger partial charge on any atom is 0.267 e.